The van der Waals surface area contributed by atoms with Crippen molar-refractivity contribution in [3.05, 3.63) is 18.6 Å². The Morgan fingerprint density at radius 2 is 2.19 bits per heavy atom. The van der Waals surface area contributed by atoms with Crippen molar-refractivity contribution in [3.63, 3.8) is 0 Å². The Kier molecular flexibility index (Phi) is 3.61. The van der Waals surface area contributed by atoms with E-state index in [1.807, 2.05) is 12.3 Å². The van der Waals surface area contributed by atoms with Gasteiger partial charge in [0.05, 0.1) is 18.0 Å². The van der Waals surface area contributed by atoms with Crippen molar-refractivity contribution in [1.29, 1.82) is 0 Å². The summed E-state index contributed by atoms with van der Waals surface area (Å²) in [5, 5.41) is 10.9. The molecule has 3 heterocycles. The number of aliphatic hydroxyl groups excluding tert-OH is 1. The predicted molar refractivity (Wildman–Crippen MR) is 84.3 cm³/mol. The first kappa shape index (κ1) is 14.3. The van der Waals surface area contributed by atoms with E-state index in [9.17, 15) is 5.11 Å². The SMILES string of the molecule is CC(C)(C)[C@@H]1CCN(c2ncnc3[nH]ccc23)[C@H](CO)C1. The zero-order chi connectivity index (χ0) is 15.0. The molecule has 1 saturated heterocycles. The van der Waals surface area contributed by atoms with Crippen LogP contribution in [0.5, 0.6) is 0 Å². The minimum Gasteiger partial charge on any atom is -0.394 e. The molecule has 5 nitrogen and oxygen atoms in total. The molecule has 2 aromatic heterocycles. The summed E-state index contributed by atoms with van der Waals surface area (Å²) in [5.74, 6) is 1.57. The highest BCUT2D eigenvalue weighted by atomic mass is 16.3. The Morgan fingerprint density at radius 3 is 2.90 bits per heavy atom. The first-order valence-corrected chi connectivity index (χ1v) is 7.66. The number of rotatable bonds is 2. The molecule has 1 fully saturated rings. The Labute approximate surface area is 125 Å². The monoisotopic (exact) mass is 288 g/mol. The van der Waals surface area contributed by atoms with Gasteiger partial charge in [-0.2, -0.15) is 0 Å². The molecule has 0 bridgehead atoms. The molecule has 2 N–H and O–H groups in total. The van der Waals surface area contributed by atoms with Crippen molar-refractivity contribution in [2.24, 2.45) is 11.3 Å². The third kappa shape index (κ3) is 2.62. The van der Waals surface area contributed by atoms with E-state index in [0.29, 0.717) is 5.92 Å². The highest BCUT2D eigenvalue weighted by Crippen LogP contribution is 2.38. The van der Waals surface area contributed by atoms with Crippen molar-refractivity contribution in [1.82, 2.24) is 15.0 Å². The lowest BCUT2D eigenvalue weighted by atomic mass is 9.73. The lowest BCUT2D eigenvalue weighted by molar-refractivity contribution is 0.145. The van der Waals surface area contributed by atoms with Crippen LogP contribution in [0.2, 0.25) is 0 Å². The fourth-order valence-electron chi connectivity index (χ4n) is 3.38. The minimum absolute atomic E-state index is 0.135. The van der Waals surface area contributed by atoms with Gasteiger partial charge in [-0.3, -0.25) is 0 Å². The van der Waals surface area contributed by atoms with E-state index in [1.165, 1.54) is 0 Å². The van der Waals surface area contributed by atoms with Crippen molar-refractivity contribution in [3.8, 4) is 0 Å². The predicted octanol–water partition coefficient (Wildman–Crippen LogP) is 2.58. The quantitative estimate of drug-likeness (QED) is 0.891. The molecule has 114 valence electrons. The van der Waals surface area contributed by atoms with Crippen molar-refractivity contribution in [2.45, 2.75) is 39.7 Å². The molecule has 2 aromatic rings. The van der Waals surface area contributed by atoms with Crippen LogP contribution < -0.4 is 4.90 Å². The number of nitrogens with one attached hydrogen (secondary N) is 1. The molecule has 5 heteroatoms. The summed E-state index contributed by atoms with van der Waals surface area (Å²) in [6.45, 7) is 7.97. The maximum Gasteiger partial charge on any atom is 0.142 e. The number of hydrogen-bond donors (Lipinski definition) is 2. The van der Waals surface area contributed by atoms with Gasteiger partial charge in [0, 0.05) is 12.7 Å². The third-order valence-electron chi connectivity index (χ3n) is 4.76. The number of anilines is 1. The molecule has 0 amide bonds. The summed E-state index contributed by atoms with van der Waals surface area (Å²) >= 11 is 0. The van der Waals surface area contributed by atoms with Gasteiger partial charge in [0.15, 0.2) is 0 Å². The average molecular weight is 288 g/mol. The van der Waals surface area contributed by atoms with E-state index < -0.39 is 0 Å². The topological polar surface area (TPSA) is 65.0 Å². The van der Waals surface area contributed by atoms with E-state index in [4.69, 9.17) is 0 Å². The van der Waals surface area contributed by atoms with Crippen LogP contribution >= 0.6 is 0 Å². The smallest absolute Gasteiger partial charge is 0.142 e. The van der Waals surface area contributed by atoms with E-state index >= 15 is 0 Å². The number of nitrogens with zero attached hydrogens (tertiary/aromatic N) is 3. The van der Waals surface area contributed by atoms with Crippen LogP contribution in [0.1, 0.15) is 33.6 Å². The van der Waals surface area contributed by atoms with Gasteiger partial charge in [0.2, 0.25) is 0 Å². The van der Waals surface area contributed by atoms with E-state index in [-0.39, 0.29) is 18.1 Å². The molecule has 0 aliphatic carbocycles. The average Bonchev–Trinajstić information content (AvgIpc) is 2.94. The van der Waals surface area contributed by atoms with Gasteiger partial charge in [-0.1, -0.05) is 20.8 Å². The molecular weight excluding hydrogens is 264 g/mol. The second kappa shape index (κ2) is 5.30. The van der Waals surface area contributed by atoms with Gasteiger partial charge in [0.25, 0.3) is 0 Å². The number of H-pyrrole nitrogens is 1. The molecule has 21 heavy (non-hydrogen) atoms. The normalized spacial score (nSPS) is 23.7. The van der Waals surface area contributed by atoms with Gasteiger partial charge in [-0.25, -0.2) is 9.97 Å². The molecule has 0 saturated carbocycles. The summed E-state index contributed by atoms with van der Waals surface area (Å²) in [7, 11) is 0. The van der Waals surface area contributed by atoms with Gasteiger partial charge in [0.1, 0.15) is 17.8 Å². The van der Waals surface area contributed by atoms with Gasteiger partial charge < -0.3 is 15.0 Å². The Balaban J connectivity index is 1.91. The molecule has 0 radical (unpaired) electrons. The number of hydrogen-bond acceptors (Lipinski definition) is 4. The molecule has 0 aromatic carbocycles. The third-order valence-corrected chi connectivity index (χ3v) is 4.76. The molecule has 2 atom stereocenters. The highest BCUT2D eigenvalue weighted by Gasteiger charge is 2.35. The van der Waals surface area contributed by atoms with Crippen LogP contribution in [0.15, 0.2) is 18.6 Å². The van der Waals surface area contributed by atoms with Crippen LogP contribution in [0.4, 0.5) is 5.82 Å². The Hall–Kier alpha value is -1.62. The van der Waals surface area contributed by atoms with E-state index in [1.54, 1.807) is 6.33 Å². The summed E-state index contributed by atoms with van der Waals surface area (Å²) in [4.78, 5) is 14.1. The van der Waals surface area contributed by atoms with Crippen LogP contribution in [0.3, 0.4) is 0 Å². The van der Waals surface area contributed by atoms with Gasteiger partial charge >= 0.3 is 0 Å². The van der Waals surface area contributed by atoms with Crippen LogP contribution in [-0.4, -0.2) is 39.3 Å². The minimum atomic E-state index is 0.135. The maximum absolute atomic E-state index is 9.84. The summed E-state index contributed by atoms with van der Waals surface area (Å²) in [5.41, 5.74) is 1.14. The molecule has 3 rings (SSSR count). The summed E-state index contributed by atoms with van der Waals surface area (Å²) < 4.78 is 0. The largest absolute Gasteiger partial charge is 0.394 e. The van der Waals surface area contributed by atoms with Crippen molar-refractivity contribution >= 4 is 16.9 Å². The van der Waals surface area contributed by atoms with Crippen LogP contribution in [-0.2, 0) is 0 Å². The van der Waals surface area contributed by atoms with E-state index in [2.05, 4.69) is 40.6 Å². The van der Waals surface area contributed by atoms with Crippen molar-refractivity contribution < 1.29 is 5.11 Å². The summed E-state index contributed by atoms with van der Waals surface area (Å²) in [6, 6.07) is 2.14. The zero-order valence-electron chi connectivity index (χ0n) is 13.0. The number of aromatic amines is 1. The fourth-order valence-corrected chi connectivity index (χ4v) is 3.38. The fraction of sp³-hybridized carbons (Fsp3) is 0.625. The standard InChI is InChI=1S/C16H24N4O/c1-16(2,3)11-5-7-20(12(8-11)9-21)15-13-4-6-17-14(13)18-10-19-15/h4,6,10-12,21H,5,7-9H2,1-3H3,(H,17,18,19)/t11-,12+/m1/s1. The van der Waals surface area contributed by atoms with E-state index in [0.717, 1.165) is 36.2 Å². The second-order valence-corrected chi connectivity index (χ2v) is 7.05. The van der Waals surface area contributed by atoms with Crippen molar-refractivity contribution in [2.75, 3.05) is 18.1 Å². The Bertz CT molecular complexity index is 616. The second-order valence-electron chi connectivity index (χ2n) is 7.05. The highest BCUT2D eigenvalue weighted by molar-refractivity contribution is 5.87. The molecular formula is C16H24N4O. The first-order valence-electron chi connectivity index (χ1n) is 7.66. The van der Waals surface area contributed by atoms with Gasteiger partial charge in [-0.15, -0.1) is 0 Å². The number of fused-ring (bicyclic) bond motifs is 1. The number of aliphatic hydroxyl groups is 1. The number of aromatic nitrogens is 3. The molecule has 0 unspecified atom stereocenters. The Morgan fingerprint density at radius 1 is 1.38 bits per heavy atom. The number of piperidine rings is 1. The zero-order valence-corrected chi connectivity index (χ0v) is 13.0. The van der Waals surface area contributed by atoms with Crippen LogP contribution in [0, 0.1) is 11.3 Å². The molecule has 1 aliphatic heterocycles. The lowest BCUT2D eigenvalue weighted by Crippen LogP contribution is -2.47. The molecule has 1 aliphatic rings. The lowest BCUT2D eigenvalue weighted by Gasteiger charge is -2.44. The molecule has 0 spiro atoms. The van der Waals surface area contributed by atoms with Crippen LogP contribution in [0.25, 0.3) is 11.0 Å². The van der Waals surface area contributed by atoms with Gasteiger partial charge in [-0.05, 0) is 30.2 Å². The first-order chi connectivity index (χ1) is 10.0. The summed E-state index contributed by atoms with van der Waals surface area (Å²) in [6.07, 6.45) is 5.63. The maximum atomic E-state index is 9.84.